The van der Waals surface area contributed by atoms with Gasteiger partial charge in [-0.2, -0.15) is 0 Å². The molecular weight excluding hydrogens is 384 g/mol. The number of hydrogen-bond acceptors (Lipinski definition) is 6. The van der Waals surface area contributed by atoms with Crippen LogP contribution in [-0.4, -0.2) is 40.5 Å². The lowest BCUT2D eigenvalue weighted by molar-refractivity contribution is -0.117. The van der Waals surface area contributed by atoms with E-state index in [0.29, 0.717) is 28.6 Å². The molecule has 0 bridgehead atoms. The van der Waals surface area contributed by atoms with Gasteiger partial charge in [-0.05, 0) is 30.7 Å². The molecule has 0 spiro atoms. The number of rotatable bonds is 7. The van der Waals surface area contributed by atoms with Gasteiger partial charge in [-0.15, -0.1) is 0 Å². The first-order chi connectivity index (χ1) is 13.3. The van der Waals surface area contributed by atoms with E-state index in [1.165, 1.54) is 7.11 Å². The molecule has 1 atom stereocenters. The van der Waals surface area contributed by atoms with Crippen molar-refractivity contribution in [1.82, 2.24) is 0 Å². The van der Waals surface area contributed by atoms with Crippen molar-refractivity contribution in [2.75, 3.05) is 29.8 Å². The van der Waals surface area contributed by atoms with E-state index in [1.807, 2.05) is 0 Å². The van der Waals surface area contributed by atoms with Gasteiger partial charge in [0, 0.05) is 17.8 Å². The quantitative estimate of drug-likeness (QED) is 0.760. The zero-order valence-corrected chi connectivity index (χ0v) is 16.7. The van der Waals surface area contributed by atoms with Crippen molar-refractivity contribution in [3.63, 3.8) is 0 Å². The van der Waals surface area contributed by atoms with E-state index in [4.69, 9.17) is 14.2 Å². The van der Waals surface area contributed by atoms with E-state index in [9.17, 15) is 13.2 Å². The first-order valence-corrected chi connectivity index (χ1v) is 10.5. The maximum Gasteiger partial charge on any atom is 0.248 e. The number of nitrogens with zero attached hydrogens (tertiary/aromatic N) is 1. The number of anilines is 2. The largest absolute Gasteiger partial charge is 0.497 e. The van der Waals surface area contributed by atoms with Crippen LogP contribution in [-0.2, 0) is 14.8 Å². The molecule has 0 saturated carbocycles. The zero-order chi connectivity index (χ0) is 20.3. The number of amides is 1. The van der Waals surface area contributed by atoms with Gasteiger partial charge < -0.3 is 19.5 Å². The number of hydrogen-bond donors (Lipinski definition) is 1. The molecule has 3 rings (SSSR count). The fourth-order valence-electron chi connectivity index (χ4n) is 3.01. The second-order valence-electron chi connectivity index (χ2n) is 6.24. The van der Waals surface area contributed by atoms with Crippen LogP contribution in [0.25, 0.3) is 0 Å². The summed E-state index contributed by atoms with van der Waals surface area (Å²) in [6, 6.07) is 10.7. The summed E-state index contributed by atoms with van der Waals surface area (Å²) in [5.41, 5.74) is 0.848. The smallest absolute Gasteiger partial charge is 0.248 e. The molecule has 2 aromatic carbocycles. The molecule has 1 heterocycles. The molecule has 0 radical (unpaired) electrons. The van der Waals surface area contributed by atoms with Gasteiger partial charge in [-0.3, -0.25) is 9.10 Å². The minimum Gasteiger partial charge on any atom is -0.497 e. The summed E-state index contributed by atoms with van der Waals surface area (Å²) >= 11 is 0. The van der Waals surface area contributed by atoms with Crippen LogP contribution < -0.4 is 23.8 Å². The normalized spacial score (nSPS) is 13.7. The Labute approximate surface area is 164 Å². The first kappa shape index (κ1) is 19.8. The van der Waals surface area contributed by atoms with Gasteiger partial charge in [-0.1, -0.05) is 13.0 Å². The van der Waals surface area contributed by atoms with Gasteiger partial charge in [0.1, 0.15) is 11.8 Å². The zero-order valence-electron chi connectivity index (χ0n) is 15.8. The SMILES string of the molecule is CC[C@@H](C(=O)Nc1ccc2c(c1)OCO2)N(c1cccc(OC)c1)S(C)(=O)=O. The molecule has 0 aliphatic carbocycles. The summed E-state index contributed by atoms with van der Waals surface area (Å²) in [5, 5.41) is 2.76. The van der Waals surface area contributed by atoms with E-state index in [0.717, 1.165) is 10.6 Å². The molecular formula is C19H22N2O6S. The van der Waals surface area contributed by atoms with Crippen LogP contribution in [0.4, 0.5) is 11.4 Å². The monoisotopic (exact) mass is 406 g/mol. The second kappa shape index (κ2) is 7.97. The summed E-state index contributed by atoms with van der Waals surface area (Å²) in [6.45, 7) is 1.88. The Kier molecular flexibility index (Phi) is 5.64. The number of carbonyl (C=O) groups is 1. The molecule has 28 heavy (non-hydrogen) atoms. The number of ether oxygens (including phenoxy) is 3. The van der Waals surface area contributed by atoms with Crippen molar-refractivity contribution in [3.05, 3.63) is 42.5 Å². The highest BCUT2D eigenvalue weighted by atomic mass is 32.2. The summed E-state index contributed by atoms with van der Waals surface area (Å²) in [5.74, 6) is 1.17. The van der Waals surface area contributed by atoms with Crippen LogP contribution in [0.15, 0.2) is 42.5 Å². The lowest BCUT2D eigenvalue weighted by Crippen LogP contribution is -2.47. The number of fused-ring (bicyclic) bond motifs is 1. The van der Waals surface area contributed by atoms with E-state index in [-0.39, 0.29) is 13.2 Å². The van der Waals surface area contributed by atoms with Crippen LogP contribution in [0.1, 0.15) is 13.3 Å². The van der Waals surface area contributed by atoms with Crippen molar-refractivity contribution in [2.24, 2.45) is 0 Å². The van der Waals surface area contributed by atoms with E-state index < -0.39 is 22.0 Å². The minimum absolute atomic E-state index is 0.127. The van der Waals surface area contributed by atoms with Crippen molar-refractivity contribution in [2.45, 2.75) is 19.4 Å². The molecule has 1 N–H and O–H groups in total. The lowest BCUT2D eigenvalue weighted by Gasteiger charge is -2.30. The topological polar surface area (TPSA) is 94.2 Å². The first-order valence-electron chi connectivity index (χ1n) is 8.67. The average molecular weight is 406 g/mol. The highest BCUT2D eigenvalue weighted by Crippen LogP contribution is 2.34. The molecule has 150 valence electrons. The van der Waals surface area contributed by atoms with E-state index >= 15 is 0 Å². The summed E-state index contributed by atoms with van der Waals surface area (Å²) < 4.78 is 41.9. The Morgan fingerprint density at radius 1 is 1.21 bits per heavy atom. The second-order valence-corrected chi connectivity index (χ2v) is 8.10. The molecule has 0 aromatic heterocycles. The Morgan fingerprint density at radius 2 is 1.96 bits per heavy atom. The summed E-state index contributed by atoms with van der Waals surface area (Å²) in [4.78, 5) is 12.9. The van der Waals surface area contributed by atoms with Gasteiger partial charge in [0.25, 0.3) is 0 Å². The van der Waals surface area contributed by atoms with Crippen LogP contribution >= 0.6 is 0 Å². The molecule has 1 aliphatic rings. The predicted molar refractivity (Wildman–Crippen MR) is 106 cm³/mol. The lowest BCUT2D eigenvalue weighted by atomic mass is 10.1. The highest BCUT2D eigenvalue weighted by Gasteiger charge is 2.32. The van der Waals surface area contributed by atoms with Crippen molar-refractivity contribution < 1.29 is 27.4 Å². The van der Waals surface area contributed by atoms with Crippen molar-refractivity contribution >= 4 is 27.3 Å². The highest BCUT2D eigenvalue weighted by molar-refractivity contribution is 7.92. The van der Waals surface area contributed by atoms with E-state index in [1.54, 1.807) is 49.4 Å². The van der Waals surface area contributed by atoms with Crippen LogP contribution in [0.3, 0.4) is 0 Å². The Morgan fingerprint density at radius 3 is 2.64 bits per heavy atom. The third-order valence-corrected chi connectivity index (χ3v) is 5.46. The van der Waals surface area contributed by atoms with Gasteiger partial charge in [0.15, 0.2) is 11.5 Å². The molecule has 9 heteroatoms. The maximum atomic E-state index is 12.9. The summed E-state index contributed by atoms with van der Waals surface area (Å²) in [7, 11) is -2.24. The Bertz CT molecular complexity index is 976. The molecule has 0 fully saturated rings. The number of methoxy groups -OCH3 is 1. The maximum absolute atomic E-state index is 12.9. The Hall–Kier alpha value is -2.94. The minimum atomic E-state index is -3.73. The molecule has 1 amide bonds. The third kappa shape index (κ3) is 4.14. The standard InChI is InChI=1S/C19H22N2O6S/c1-4-16(19(22)20-13-8-9-17-18(10-13)27-12-26-17)21(28(3,23)24)14-6-5-7-15(11-14)25-2/h5-11,16H,4,12H2,1-3H3,(H,20,22)/t16-/m0/s1. The molecule has 0 saturated heterocycles. The van der Waals surface area contributed by atoms with Crippen LogP contribution in [0.2, 0.25) is 0 Å². The van der Waals surface area contributed by atoms with Crippen LogP contribution in [0, 0.1) is 0 Å². The number of carbonyl (C=O) groups excluding carboxylic acids is 1. The molecule has 1 aliphatic heterocycles. The number of sulfonamides is 1. The van der Waals surface area contributed by atoms with E-state index in [2.05, 4.69) is 5.32 Å². The predicted octanol–water partition coefficient (Wildman–Crippen LogP) is 2.61. The Balaban J connectivity index is 1.90. The molecule has 8 nitrogen and oxygen atoms in total. The fraction of sp³-hybridized carbons (Fsp3) is 0.316. The number of benzene rings is 2. The summed E-state index contributed by atoms with van der Waals surface area (Å²) in [6.07, 6.45) is 1.35. The van der Waals surface area contributed by atoms with Crippen molar-refractivity contribution in [3.8, 4) is 17.2 Å². The van der Waals surface area contributed by atoms with Crippen molar-refractivity contribution in [1.29, 1.82) is 0 Å². The number of nitrogens with one attached hydrogen (secondary N) is 1. The third-order valence-electron chi connectivity index (χ3n) is 4.28. The fourth-order valence-corrected chi connectivity index (χ4v) is 4.21. The van der Waals surface area contributed by atoms with Gasteiger partial charge >= 0.3 is 0 Å². The van der Waals surface area contributed by atoms with Gasteiger partial charge in [-0.25, -0.2) is 8.42 Å². The molecule has 0 unspecified atom stereocenters. The van der Waals surface area contributed by atoms with Gasteiger partial charge in [0.05, 0.1) is 19.1 Å². The molecule has 2 aromatic rings. The van der Waals surface area contributed by atoms with Gasteiger partial charge in [0.2, 0.25) is 22.7 Å². The van der Waals surface area contributed by atoms with Crippen LogP contribution in [0.5, 0.6) is 17.2 Å². The average Bonchev–Trinajstić information content (AvgIpc) is 3.12.